The van der Waals surface area contributed by atoms with Crippen LogP contribution in [0.4, 0.5) is 5.69 Å². The molecule has 0 aliphatic carbocycles. The molecule has 0 N–H and O–H groups in total. The normalized spacial score (nSPS) is 16.0. The summed E-state index contributed by atoms with van der Waals surface area (Å²) in [5, 5.41) is 0. The molecule has 0 spiro atoms. The first kappa shape index (κ1) is 15.3. The first-order valence-corrected chi connectivity index (χ1v) is 8.57. The van der Waals surface area contributed by atoms with E-state index in [9.17, 15) is 0 Å². The van der Waals surface area contributed by atoms with Gasteiger partial charge in [0.15, 0.2) is 0 Å². The Labute approximate surface area is 124 Å². The third kappa shape index (κ3) is 3.97. The molecule has 0 saturated heterocycles. The molecule has 1 unspecified atom stereocenters. The summed E-state index contributed by atoms with van der Waals surface area (Å²) >= 11 is 0. The van der Waals surface area contributed by atoms with Crippen molar-refractivity contribution >= 4 is 5.69 Å². The highest BCUT2D eigenvalue weighted by Gasteiger charge is 2.23. The zero-order valence-corrected chi connectivity index (χ0v) is 13.3. The molecule has 0 radical (unpaired) electrons. The molecule has 2 rings (SSSR count). The summed E-state index contributed by atoms with van der Waals surface area (Å²) in [4.78, 5) is 7.20. The second-order valence-corrected chi connectivity index (χ2v) is 6.03. The third-order valence-electron chi connectivity index (χ3n) is 4.54. The summed E-state index contributed by atoms with van der Waals surface area (Å²) in [6.07, 6.45) is 13.9. The van der Waals surface area contributed by atoms with Gasteiger partial charge in [-0.3, -0.25) is 4.98 Å². The number of aromatic nitrogens is 1. The van der Waals surface area contributed by atoms with E-state index in [4.69, 9.17) is 0 Å². The van der Waals surface area contributed by atoms with Gasteiger partial charge in [0.2, 0.25) is 0 Å². The van der Waals surface area contributed by atoms with E-state index in [1.165, 1.54) is 69.3 Å². The Hall–Kier alpha value is -1.05. The van der Waals surface area contributed by atoms with E-state index in [0.29, 0.717) is 6.04 Å². The number of pyridine rings is 1. The van der Waals surface area contributed by atoms with Crippen LogP contribution in [0.25, 0.3) is 0 Å². The molecule has 2 heterocycles. The van der Waals surface area contributed by atoms with Gasteiger partial charge in [0.05, 0.1) is 11.4 Å². The minimum atomic E-state index is 0.708. The molecule has 1 aromatic rings. The van der Waals surface area contributed by atoms with Gasteiger partial charge in [0, 0.05) is 18.8 Å². The fourth-order valence-corrected chi connectivity index (χ4v) is 3.36. The van der Waals surface area contributed by atoms with E-state index < -0.39 is 0 Å². The van der Waals surface area contributed by atoms with Crippen molar-refractivity contribution in [2.24, 2.45) is 0 Å². The number of hydrogen-bond donors (Lipinski definition) is 0. The van der Waals surface area contributed by atoms with E-state index in [0.717, 1.165) is 6.42 Å². The van der Waals surface area contributed by atoms with Crippen LogP contribution in [0.3, 0.4) is 0 Å². The van der Waals surface area contributed by atoms with E-state index in [1.54, 1.807) is 0 Å². The van der Waals surface area contributed by atoms with Crippen molar-refractivity contribution in [2.45, 2.75) is 77.7 Å². The van der Waals surface area contributed by atoms with Gasteiger partial charge in [-0.25, -0.2) is 0 Å². The van der Waals surface area contributed by atoms with Crippen molar-refractivity contribution in [3.05, 3.63) is 24.0 Å². The van der Waals surface area contributed by atoms with E-state index in [2.05, 4.69) is 35.9 Å². The molecular formula is C18H30N2. The van der Waals surface area contributed by atoms with Gasteiger partial charge in [0.25, 0.3) is 0 Å². The lowest BCUT2D eigenvalue weighted by molar-refractivity contribution is 0.480. The summed E-state index contributed by atoms with van der Waals surface area (Å²) in [6, 6.07) is 5.06. The average Bonchev–Trinajstić information content (AvgIpc) is 2.51. The molecule has 1 aromatic heterocycles. The fourth-order valence-electron chi connectivity index (χ4n) is 3.36. The molecular weight excluding hydrogens is 244 g/mol. The number of unbranched alkanes of at least 4 members (excludes halogenated alkanes) is 4. The Morgan fingerprint density at radius 1 is 1.20 bits per heavy atom. The summed E-state index contributed by atoms with van der Waals surface area (Å²) in [6.45, 7) is 5.83. The number of hydrogen-bond acceptors (Lipinski definition) is 2. The number of nitrogens with zero attached hydrogens (tertiary/aromatic N) is 2. The van der Waals surface area contributed by atoms with Gasteiger partial charge in [-0.1, -0.05) is 46.0 Å². The van der Waals surface area contributed by atoms with E-state index >= 15 is 0 Å². The molecule has 1 aliphatic rings. The largest absolute Gasteiger partial charge is 0.367 e. The summed E-state index contributed by atoms with van der Waals surface area (Å²) < 4.78 is 0. The molecule has 20 heavy (non-hydrogen) atoms. The standard InChI is InChI=1S/C18H30N2/c1-3-5-6-7-8-11-16(4-2)20-15-10-12-17-18(20)13-9-14-19-17/h9,13-14,16H,3-8,10-12,15H2,1-2H3. The number of anilines is 1. The highest BCUT2D eigenvalue weighted by atomic mass is 15.2. The molecule has 0 fully saturated rings. The monoisotopic (exact) mass is 274 g/mol. The van der Waals surface area contributed by atoms with Crippen molar-refractivity contribution in [2.75, 3.05) is 11.4 Å². The van der Waals surface area contributed by atoms with Crippen LogP contribution in [-0.4, -0.2) is 17.6 Å². The van der Waals surface area contributed by atoms with E-state index in [-0.39, 0.29) is 0 Å². The van der Waals surface area contributed by atoms with E-state index in [1.807, 2.05) is 6.20 Å². The number of aryl methyl sites for hydroxylation is 1. The fraction of sp³-hybridized carbons (Fsp3) is 0.722. The smallest absolute Gasteiger partial charge is 0.0637 e. The summed E-state index contributed by atoms with van der Waals surface area (Å²) in [5.41, 5.74) is 2.71. The van der Waals surface area contributed by atoms with Crippen molar-refractivity contribution in [1.29, 1.82) is 0 Å². The van der Waals surface area contributed by atoms with Gasteiger partial charge in [-0.15, -0.1) is 0 Å². The zero-order chi connectivity index (χ0) is 14.2. The number of fused-ring (bicyclic) bond motifs is 1. The predicted molar refractivity (Wildman–Crippen MR) is 87.4 cm³/mol. The molecule has 1 aliphatic heterocycles. The Bertz CT molecular complexity index is 389. The highest BCUT2D eigenvalue weighted by molar-refractivity contribution is 5.53. The molecule has 0 bridgehead atoms. The zero-order valence-electron chi connectivity index (χ0n) is 13.3. The van der Waals surface area contributed by atoms with Crippen molar-refractivity contribution < 1.29 is 0 Å². The first-order valence-electron chi connectivity index (χ1n) is 8.57. The van der Waals surface area contributed by atoms with Crippen LogP contribution < -0.4 is 4.90 Å². The highest BCUT2D eigenvalue weighted by Crippen LogP contribution is 2.29. The average molecular weight is 274 g/mol. The summed E-state index contributed by atoms with van der Waals surface area (Å²) in [5.74, 6) is 0. The Kier molecular flexibility index (Phi) is 6.35. The summed E-state index contributed by atoms with van der Waals surface area (Å²) in [7, 11) is 0. The van der Waals surface area contributed by atoms with Crippen LogP contribution in [0.2, 0.25) is 0 Å². The van der Waals surface area contributed by atoms with Crippen LogP contribution in [0.1, 0.15) is 70.9 Å². The molecule has 1 atom stereocenters. The maximum absolute atomic E-state index is 4.57. The molecule has 2 heteroatoms. The Morgan fingerprint density at radius 3 is 2.85 bits per heavy atom. The van der Waals surface area contributed by atoms with Crippen LogP contribution in [0, 0.1) is 0 Å². The third-order valence-corrected chi connectivity index (χ3v) is 4.54. The van der Waals surface area contributed by atoms with Gasteiger partial charge in [-0.2, -0.15) is 0 Å². The van der Waals surface area contributed by atoms with Crippen LogP contribution in [-0.2, 0) is 6.42 Å². The molecule has 0 aromatic carbocycles. The predicted octanol–water partition coefficient (Wildman–Crippen LogP) is 4.97. The topological polar surface area (TPSA) is 16.1 Å². The SMILES string of the molecule is CCCCCCCC(CC)N1CCCc2ncccc21. The van der Waals surface area contributed by atoms with Crippen molar-refractivity contribution in [3.63, 3.8) is 0 Å². The van der Waals surface area contributed by atoms with Crippen molar-refractivity contribution in [1.82, 2.24) is 4.98 Å². The Balaban J connectivity index is 1.91. The minimum absolute atomic E-state index is 0.708. The molecule has 112 valence electrons. The second-order valence-electron chi connectivity index (χ2n) is 6.03. The van der Waals surface area contributed by atoms with Crippen molar-refractivity contribution in [3.8, 4) is 0 Å². The maximum Gasteiger partial charge on any atom is 0.0637 e. The number of rotatable bonds is 8. The van der Waals surface area contributed by atoms with Gasteiger partial charge >= 0.3 is 0 Å². The Morgan fingerprint density at radius 2 is 2.05 bits per heavy atom. The molecule has 0 saturated carbocycles. The molecule has 2 nitrogen and oxygen atoms in total. The quantitative estimate of drug-likeness (QED) is 0.622. The lowest BCUT2D eigenvalue weighted by atomic mass is 9.99. The molecule has 0 amide bonds. The maximum atomic E-state index is 4.57. The minimum Gasteiger partial charge on any atom is -0.367 e. The van der Waals surface area contributed by atoms with Crippen LogP contribution >= 0.6 is 0 Å². The van der Waals surface area contributed by atoms with Crippen LogP contribution in [0.15, 0.2) is 18.3 Å². The van der Waals surface area contributed by atoms with Crippen LogP contribution in [0.5, 0.6) is 0 Å². The lowest BCUT2D eigenvalue weighted by Crippen LogP contribution is -2.39. The lowest BCUT2D eigenvalue weighted by Gasteiger charge is -2.37. The van der Waals surface area contributed by atoms with Gasteiger partial charge in [-0.05, 0) is 37.8 Å². The second kappa shape index (κ2) is 8.28. The van der Waals surface area contributed by atoms with Gasteiger partial charge < -0.3 is 4.90 Å². The van der Waals surface area contributed by atoms with Gasteiger partial charge in [0.1, 0.15) is 0 Å². The first-order chi connectivity index (χ1) is 9.86.